The van der Waals surface area contributed by atoms with Gasteiger partial charge in [-0.3, -0.25) is 14.4 Å². The second kappa shape index (κ2) is 9.35. The molecule has 32 heavy (non-hydrogen) atoms. The molecule has 0 radical (unpaired) electrons. The molecule has 2 saturated heterocycles. The average Bonchev–Trinajstić information content (AvgIpc) is 3.15. The van der Waals surface area contributed by atoms with Gasteiger partial charge in [-0.1, -0.05) is 51.0 Å². The number of cyclic esters (lactones) is 1. The zero-order valence-corrected chi connectivity index (χ0v) is 18.9. The van der Waals surface area contributed by atoms with E-state index in [0.717, 1.165) is 19.3 Å². The first-order valence-corrected chi connectivity index (χ1v) is 11.9. The average molecular weight is 447 g/mol. The molecule has 4 heterocycles. The maximum Gasteiger partial charge on any atom is 0.312 e. The number of hydrogen-bond donors (Lipinski definition) is 1. The lowest BCUT2D eigenvalue weighted by molar-refractivity contribution is -0.156. The van der Waals surface area contributed by atoms with E-state index in [1.54, 1.807) is 4.90 Å². The smallest absolute Gasteiger partial charge is 0.312 e. The first kappa shape index (κ1) is 23.0. The van der Waals surface area contributed by atoms with Crippen LogP contribution in [0.15, 0.2) is 24.3 Å². The van der Waals surface area contributed by atoms with Crippen LogP contribution in [0.3, 0.4) is 0 Å². The first-order chi connectivity index (χ1) is 15.5. The number of aliphatic hydroxyl groups is 1. The molecule has 6 atom stereocenters. The molecular weight excluding hydrogens is 412 g/mol. The van der Waals surface area contributed by atoms with Gasteiger partial charge in [-0.2, -0.15) is 0 Å². The maximum atomic E-state index is 13.9. The summed E-state index contributed by atoms with van der Waals surface area (Å²) in [6.07, 6.45) is 10.8. The topological polar surface area (TPSA) is 96.4 Å². The summed E-state index contributed by atoms with van der Waals surface area (Å²) in [7, 11) is 0. The first-order valence-electron chi connectivity index (χ1n) is 11.9. The molecule has 4 rings (SSSR count). The zero-order valence-electron chi connectivity index (χ0n) is 18.9. The Labute approximate surface area is 189 Å². The number of esters is 1. The number of hydrogen-bond acceptors (Lipinski definition) is 6. The molecule has 0 bridgehead atoms. The van der Waals surface area contributed by atoms with Crippen molar-refractivity contribution in [3.63, 3.8) is 0 Å². The highest BCUT2D eigenvalue weighted by Gasteiger charge is 2.72. The Bertz CT molecular complexity index is 806. The van der Waals surface area contributed by atoms with Gasteiger partial charge < -0.3 is 24.4 Å². The van der Waals surface area contributed by atoms with E-state index in [2.05, 4.69) is 6.92 Å². The van der Waals surface area contributed by atoms with Crippen LogP contribution in [-0.2, 0) is 23.9 Å². The SMILES string of the molecule is CCCCCN1CC=C[C@]23O[C@@H]4C=CCCOC(=O)[C@@H]4[C@H]2C(=O)N([C@@H](CC)CO)C3C1=O. The van der Waals surface area contributed by atoms with Crippen LogP contribution in [0.4, 0.5) is 0 Å². The van der Waals surface area contributed by atoms with Crippen molar-refractivity contribution in [3.8, 4) is 0 Å². The van der Waals surface area contributed by atoms with Crippen molar-refractivity contribution in [3.05, 3.63) is 24.3 Å². The molecule has 1 N–H and O–H groups in total. The van der Waals surface area contributed by atoms with E-state index in [9.17, 15) is 19.5 Å². The number of fused-ring (bicyclic) bond motifs is 2. The number of likely N-dealkylation sites (tertiary alicyclic amines) is 1. The molecule has 176 valence electrons. The highest BCUT2D eigenvalue weighted by molar-refractivity contribution is 5.99. The van der Waals surface area contributed by atoms with E-state index in [1.807, 2.05) is 31.2 Å². The van der Waals surface area contributed by atoms with Gasteiger partial charge in [0.25, 0.3) is 0 Å². The van der Waals surface area contributed by atoms with Crippen molar-refractivity contribution in [2.75, 3.05) is 26.3 Å². The van der Waals surface area contributed by atoms with Gasteiger partial charge in [-0.15, -0.1) is 0 Å². The molecule has 1 unspecified atom stereocenters. The molecule has 4 aliphatic heterocycles. The molecular formula is C24H34N2O6. The predicted molar refractivity (Wildman–Crippen MR) is 116 cm³/mol. The summed E-state index contributed by atoms with van der Waals surface area (Å²) < 4.78 is 11.9. The van der Waals surface area contributed by atoms with Crippen molar-refractivity contribution in [1.82, 2.24) is 9.80 Å². The standard InChI is InChI=1S/C24H34N2O6/c1-3-5-7-12-25-13-9-11-24-19(18-17(32-24)10-6-8-14-31-23(18)30)21(28)26(16(4-2)15-27)20(24)22(25)29/h6,9-11,16-20,27H,3-5,7-8,12-15H2,1-2H3/t16-,17+,18-,19-,20?,24-/m0/s1. The Hall–Kier alpha value is -2.19. The largest absolute Gasteiger partial charge is 0.465 e. The molecule has 0 aromatic rings. The number of ether oxygens (including phenoxy) is 2. The molecule has 0 saturated carbocycles. The number of carbonyl (C=O) groups is 3. The van der Waals surface area contributed by atoms with Crippen LogP contribution >= 0.6 is 0 Å². The summed E-state index contributed by atoms with van der Waals surface area (Å²) in [5.74, 6) is -2.63. The minimum Gasteiger partial charge on any atom is -0.465 e. The fraction of sp³-hybridized carbons (Fsp3) is 0.708. The molecule has 8 nitrogen and oxygen atoms in total. The molecule has 2 amide bonds. The third-order valence-electron chi connectivity index (χ3n) is 7.25. The van der Waals surface area contributed by atoms with Crippen LogP contribution in [0, 0.1) is 11.8 Å². The van der Waals surface area contributed by atoms with Crippen molar-refractivity contribution in [2.45, 2.75) is 69.7 Å². The summed E-state index contributed by atoms with van der Waals surface area (Å²) in [6, 6.07) is -1.43. The van der Waals surface area contributed by atoms with Crippen LogP contribution < -0.4 is 0 Å². The number of carbonyl (C=O) groups excluding carboxylic acids is 3. The van der Waals surface area contributed by atoms with Gasteiger partial charge in [-0.25, -0.2) is 0 Å². The molecule has 0 aliphatic carbocycles. The predicted octanol–water partition coefficient (Wildman–Crippen LogP) is 1.43. The molecule has 4 aliphatic rings. The van der Waals surface area contributed by atoms with Gasteiger partial charge in [0.2, 0.25) is 11.8 Å². The van der Waals surface area contributed by atoms with Crippen molar-refractivity contribution < 1.29 is 29.0 Å². The van der Waals surface area contributed by atoms with E-state index >= 15 is 0 Å². The lowest BCUT2D eigenvalue weighted by atomic mass is 9.77. The third-order valence-corrected chi connectivity index (χ3v) is 7.25. The fourth-order valence-corrected chi connectivity index (χ4v) is 5.65. The lowest BCUT2D eigenvalue weighted by Crippen LogP contribution is -2.58. The Morgan fingerprint density at radius 1 is 1.19 bits per heavy atom. The number of rotatable bonds is 7. The van der Waals surface area contributed by atoms with Gasteiger partial charge in [0.05, 0.1) is 31.3 Å². The Morgan fingerprint density at radius 3 is 2.72 bits per heavy atom. The van der Waals surface area contributed by atoms with E-state index in [-0.39, 0.29) is 25.0 Å². The van der Waals surface area contributed by atoms with Crippen LogP contribution in [0.25, 0.3) is 0 Å². The second-order valence-electron chi connectivity index (χ2n) is 9.11. The van der Waals surface area contributed by atoms with Gasteiger partial charge >= 0.3 is 5.97 Å². The molecule has 8 heteroatoms. The minimum absolute atomic E-state index is 0.180. The quantitative estimate of drug-likeness (QED) is 0.361. The van der Waals surface area contributed by atoms with E-state index in [4.69, 9.17) is 9.47 Å². The molecule has 0 aromatic heterocycles. The van der Waals surface area contributed by atoms with E-state index < -0.39 is 41.6 Å². The van der Waals surface area contributed by atoms with Crippen molar-refractivity contribution >= 4 is 17.8 Å². The molecule has 1 spiro atoms. The van der Waals surface area contributed by atoms with Gasteiger partial charge in [0.1, 0.15) is 17.6 Å². The summed E-state index contributed by atoms with van der Waals surface area (Å²) >= 11 is 0. The van der Waals surface area contributed by atoms with Crippen molar-refractivity contribution in [2.24, 2.45) is 11.8 Å². The van der Waals surface area contributed by atoms with Crippen molar-refractivity contribution in [1.29, 1.82) is 0 Å². The summed E-state index contributed by atoms with van der Waals surface area (Å²) in [5.41, 5.74) is -1.25. The third kappa shape index (κ3) is 3.57. The van der Waals surface area contributed by atoms with Gasteiger partial charge in [-0.05, 0) is 19.3 Å². The van der Waals surface area contributed by atoms with Crippen LogP contribution in [0.1, 0.15) is 46.0 Å². The second-order valence-corrected chi connectivity index (χ2v) is 9.11. The van der Waals surface area contributed by atoms with Crippen LogP contribution in [-0.4, -0.2) is 82.8 Å². The highest BCUT2D eigenvalue weighted by atomic mass is 16.6. The summed E-state index contributed by atoms with van der Waals surface area (Å²) in [4.78, 5) is 43.9. The normalized spacial score (nSPS) is 35.0. The molecule has 2 fully saturated rings. The Morgan fingerprint density at radius 2 is 2.00 bits per heavy atom. The number of unbranched alkanes of at least 4 members (excludes halogenated alkanes) is 2. The highest BCUT2D eigenvalue weighted by Crippen LogP contribution is 2.53. The van der Waals surface area contributed by atoms with E-state index in [0.29, 0.717) is 25.9 Å². The van der Waals surface area contributed by atoms with E-state index in [1.165, 1.54) is 4.90 Å². The number of amides is 2. The summed E-state index contributed by atoms with van der Waals surface area (Å²) in [6.45, 7) is 5.02. The fourth-order valence-electron chi connectivity index (χ4n) is 5.65. The molecule has 0 aromatic carbocycles. The maximum absolute atomic E-state index is 13.9. The lowest BCUT2D eigenvalue weighted by Gasteiger charge is -2.38. The van der Waals surface area contributed by atoms with Crippen LogP contribution in [0.2, 0.25) is 0 Å². The van der Waals surface area contributed by atoms with Gasteiger partial charge in [0.15, 0.2) is 0 Å². The summed E-state index contributed by atoms with van der Waals surface area (Å²) in [5, 5.41) is 10.0. The Kier molecular flexibility index (Phi) is 6.72. The minimum atomic E-state index is -1.25. The Balaban J connectivity index is 1.78. The van der Waals surface area contributed by atoms with Gasteiger partial charge in [0, 0.05) is 13.1 Å². The van der Waals surface area contributed by atoms with Crippen LogP contribution in [0.5, 0.6) is 0 Å². The number of nitrogens with zero attached hydrogens (tertiary/aromatic N) is 2. The monoisotopic (exact) mass is 446 g/mol. The number of aliphatic hydroxyl groups excluding tert-OH is 1. The zero-order chi connectivity index (χ0) is 22.9.